The molecule has 0 spiro atoms. The van der Waals surface area contributed by atoms with Gasteiger partial charge in [-0.3, -0.25) is 14.2 Å². The van der Waals surface area contributed by atoms with Crippen molar-refractivity contribution in [1.29, 1.82) is 0 Å². The molecule has 22 heavy (non-hydrogen) atoms. The molecule has 2 N–H and O–H groups in total. The number of likely N-dealkylation sites (N-methyl/N-ethyl adjacent to an activating group) is 1. The van der Waals surface area contributed by atoms with E-state index >= 15 is 0 Å². The third-order valence-corrected chi connectivity index (χ3v) is 3.99. The summed E-state index contributed by atoms with van der Waals surface area (Å²) in [4.78, 5) is 40.1. The summed E-state index contributed by atoms with van der Waals surface area (Å²) in [6, 6.07) is 0. The summed E-state index contributed by atoms with van der Waals surface area (Å²) >= 11 is 1.09. The van der Waals surface area contributed by atoms with Crippen LogP contribution in [-0.2, 0) is 22.5 Å². The van der Waals surface area contributed by atoms with E-state index in [1.165, 1.54) is 24.1 Å². The third kappa shape index (κ3) is 3.00. The van der Waals surface area contributed by atoms with Gasteiger partial charge in [0.05, 0.1) is 17.6 Å². The van der Waals surface area contributed by atoms with Crippen molar-refractivity contribution in [1.82, 2.24) is 14.9 Å². The minimum Gasteiger partial charge on any atom is -0.478 e. The Morgan fingerprint density at radius 2 is 2.23 bits per heavy atom. The van der Waals surface area contributed by atoms with Crippen LogP contribution in [0.15, 0.2) is 10.2 Å². The number of thiophene rings is 1. The van der Waals surface area contributed by atoms with Crippen LogP contribution in [0.25, 0.3) is 10.2 Å². The molecule has 118 valence electrons. The summed E-state index contributed by atoms with van der Waals surface area (Å²) in [5.74, 6) is -1.17. The van der Waals surface area contributed by atoms with Gasteiger partial charge in [0.2, 0.25) is 5.91 Å². The van der Waals surface area contributed by atoms with E-state index in [0.29, 0.717) is 23.7 Å². The quantitative estimate of drug-likeness (QED) is 0.779. The Labute approximate surface area is 129 Å². The molecule has 0 bridgehead atoms. The minimum atomic E-state index is -1.19. The van der Waals surface area contributed by atoms with Crippen molar-refractivity contribution in [2.24, 2.45) is 0 Å². The Bertz CT molecular complexity index is 780. The zero-order valence-corrected chi connectivity index (χ0v) is 12.9. The zero-order valence-electron chi connectivity index (χ0n) is 12.1. The molecule has 0 saturated heterocycles. The van der Waals surface area contributed by atoms with E-state index in [2.05, 4.69) is 10.3 Å². The lowest BCUT2D eigenvalue weighted by molar-refractivity contribution is -0.121. The Morgan fingerprint density at radius 1 is 1.50 bits per heavy atom. The van der Waals surface area contributed by atoms with Crippen LogP contribution in [0.5, 0.6) is 0 Å². The average molecular weight is 325 g/mol. The van der Waals surface area contributed by atoms with E-state index < -0.39 is 11.5 Å². The summed E-state index contributed by atoms with van der Waals surface area (Å²) < 4.78 is 6.17. The fourth-order valence-corrected chi connectivity index (χ4v) is 2.92. The molecular weight excluding hydrogens is 310 g/mol. The van der Waals surface area contributed by atoms with Crippen LogP contribution < -0.4 is 10.9 Å². The van der Waals surface area contributed by atoms with Gasteiger partial charge in [-0.2, -0.15) is 0 Å². The molecular formula is C13H15N3O5S. The zero-order chi connectivity index (χ0) is 16.3. The monoisotopic (exact) mass is 325 g/mol. The molecule has 0 saturated carbocycles. The van der Waals surface area contributed by atoms with Gasteiger partial charge >= 0.3 is 5.97 Å². The lowest BCUT2D eigenvalue weighted by Crippen LogP contribution is -2.33. The maximum atomic E-state index is 12.6. The van der Waals surface area contributed by atoms with Crippen LogP contribution in [0.1, 0.15) is 16.2 Å². The van der Waals surface area contributed by atoms with E-state index in [-0.39, 0.29) is 23.4 Å². The number of fused-ring (bicyclic) bond motifs is 1. The first kappa shape index (κ1) is 16.1. The normalized spacial score (nSPS) is 10.8. The maximum absolute atomic E-state index is 12.6. The highest BCUT2D eigenvalue weighted by atomic mass is 32.1. The molecule has 1 amide bonds. The standard InChI is InChI=1S/C13H15N3O5S/c1-14-9(17)5-16-8(3-4-21-2)15-11-10(12(16)18)7(6-22-11)13(19)20/h6H,3-5H2,1-2H3,(H,14,17)(H,19,20). The number of nitrogens with one attached hydrogen (secondary N) is 1. The van der Waals surface area contributed by atoms with Crippen LogP contribution in [-0.4, -0.2) is 47.3 Å². The van der Waals surface area contributed by atoms with Gasteiger partial charge in [-0.25, -0.2) is 9.78 Å². The van der Waals surface area contributed by atoms with Gasteiger partial charge in [-0.15, -0.1) is 11.3 Å². The van der Waals surface area contributed by atoms with Crippen molar-refractivity contribution in [2.75, 3.05) is 20.8 Å². The largest absolute Gasteiger partial charge is 0.478 e. The first-order valence-electron chi connectivity index (χ1n) is 6.43. The number of amides is 1. The van der Waals surface area contributed by atoms with Gasteiger partial charge in [0.15, 0.2) is 0 Å². The number of carbonyl (C=O) groups excluding carboxylic acids is 1. The molecule has 2 aromatic rings. The Balaban J connectivity index is 2.66. The minimum absolute atomic E-state index is 0.0302. The van der Waals surface area contributed by atoms with Crippen molar-refractivity contribution < 1.29 is 19.4 Å². The summed E-state index contributed by atoms with van der Waals surface area (Å²) in [6.07, 6.45) is 0.346. The number of rotatable bonds is 6. The molecule has 9 heteroatoms. The lowest BCUT2D eigenvalue weighted by Gasteiger charge is -2.11. The number of methoxy groups -OCH3 is 1. The van der Waals surface area contributed by atoms with Crippen molar-refractivity contribution in [3.05, 3.63) is 27.1 Å². The maximum Gasteiger partial charge on any atom is 0.337 e. The molecule has 0 aliphatic heterocycles. The van der Waals surface area contributed by atoms with Crippen LogP contribution in [0.2, 0.25) is 0 Å². The highest BCUT2D eigenvalue weighted by molar-refractivity contribution is 7.17. The molecule has 0 fully saturated rings. The smallest absolute Gasteiger partial charge is 0.337 e. The molecule has 2 rings (SSSR count). The topological polar surface area (TPSA) is 111 Å². The van der Waals surface area contributed by atoms with E-state index in [1.807, 2.05) is 0 Å². The number of carbonyl (C=O) groups is 2. The average Bonchev–Trinajstić information content (AvgIpc) is 2.92. The number of carboxylic acid groups (broad SMARTS) is 1. The second kappa shape index (κ2) is 6.67. The summed E-state index contributed by atoms with van der Waals surface area (Å²) in [5.41, 5.74) is -0.625. The molecule has 0 unspecified atom stereocenters. The Morgan fingerprint density at radius 3 is 2.82 bits per heavy atom. The first-order valence-corrected chi connectivity index (χ1v) is 7.31. The molecule has 0 aromatic carbocycles. The van der Waals surface area contributed by atoms with Gasteiger partial charge in [0.1, 0.15) is 17.2 Å². The Hall–Kier alpha value is -2.26. The first-order chi connectivity index (χ1) is 10.5. The predicted octanol–water partition coefficient (Wildman–Crippen LogP) is 0.0911. The van der Waals surface area contributed by atoms with E-state index in [4.69, 9.17) is 9.84 Å². The summed E-state index contributed by atoms with van der Waals surface area (Å²) in [5, 5.41) is 13.0. The molecule has 0 atom stereocenters. The number of hydrogen-bond acceptors (Lipinski definition) is 6. The van der Waals surface area contributed by atoms with Gasteiger partial charge in [0, 0.05) is 26.0 Å². The van der Waals surface area contributed by atoms with Crippen molar-refractivity contribution in [3.8, 4) is 0 Å². The predicted molar refractivity (Wildman–Crippen MR) is 80.5 cm³/mol. The van der Waals surface area contributed by atoms with Crippen LogP contribution in [0, 0.1) is 0 Å². The van der Waals surface area contributed by atoms with Gasteiger partial charge in [0.25, 0.3) is 5.56 Å². The summed E-state index contributed by atoms with van der Waals surface area (Å²) in [6.45, 7) is 0.120. The van der Waals surface area contributed by atoms with Gasteiger partial charge in [-0.1, -0.05) is 0 Å². The van der Waals surface area contributed by atoms with Crippen molar-refractivity contribution in [3.63, 3.8) is 0 Å². The second-order valence-electron chi connectivity index (χ2n) is 4.47. The number of carboxylic acids is 1. The van der Waals surface area contributed by atoms with E-state index in [0.717, 1.165) is 11.3 Å². The van der Waals surface area contributed by atoms with Crippen LogP contribution in [0.4, 0.5) is 0 Å². The number of nitrogens with zero attached hydrogens (tertiary/aromatic N) is 2. The van der Waals surface area contributed by atoms with Gasteiger partial charge < -0.3 is 15.2 Å². The van der Waals surface area contributed by atoms with Gasteiger partial charge in [-0.05, 0) is 0 Å². The summed E-state index contributed by atoms with van der Waals surface area (Å²) in [7, 11) is 2.98. The van der Waals surface area contributed by atoms with Crippen LogP contribution in [0.3, 0.4) is 0 Å². The molecule has 8 nitrogen and oxygen atoms in total. The molecule has 2 heterocycles. The number of hydrogen-bond donors (Lipinski definition) is 2. The molecule has 0 radical (unpaired) electrons. The van der Waals surface area contributed by atoms with E-state index in [9.17, 15) is 14.4 Å². The molecule has 0 aliphatic rings. The second-order valence-corrected chi connectivity index (χ2v) is 5.33. The number of ether oxygens (including phenoxy) is 1. The van der Waals surface area contributed by atoms with Crippen molar-refractivity contribution >= 4 is 33.4 Å². The van der Waals surface area contributed by atoms with Crippen LogP contribution >= 0.6 is 11.3 Å². The Kier molecular flexibility index (Phi) is 4.88. The highest BCUT2D eigenvalue weighted by Gasteiger charge is 2.20. The highest BCUT2D eigenvalue weighted by Crippen LogP contribution is 2.21. The molecule has 2 aromatic heterocycles. The number of aromatic nitrogens is 2. The SMILES string of the molecule is CNC(=O)Cn1c(CCOC)nc2scc(C(=O)O)c2c1=O. The lowest BCUT2D eigenvalue weighted by atomic mass is 10.2. The number of aromatic carboxylic acids is 1. The fourth-order valence-electron chi connectivity index (χ4n) is 1.99. The van der Waals surface area contributed by atoms with E-state index in [1.54, 1.807) is 0 Å². The fraction of sp³-hybridized carbons (Fsp3) is 0.385. The van der Waals surface area contributed by atoms with Crippen molar-refractivity contribution in [2.45, 2.75) is 13.0 Å². The molecule has 0 aliphatic carbocycles. The third-order valence-electron chi connectivity index (χ3n) is 3.11.